The molecular formula is C14H15BrClNOS. The van der Waals surface area contributed by atoms with Crippen LogP contribution in [0.2, 0.25) is 5.02 Å². The van der Waals surface area contributed by atoms with E-state index in [1.807, 2.05) is 12.1 Å². The molecule has 1 N–H and O–H groups in total. The van der Waals surface area contributed by atoms with Crippen molar-refractivity contribution >= 4 is 44.6 Å². The molecule has 102 valence electrons. The Morgan fingerprint density at radius 3 is 2.74 bits per heavy atom. The van der Waals surface area contributed by atoms with Crippen molar-refractivity contribution in [2.24, 2.45) is 0 Å². The summed E-state index contributed by atoms with van der Waals surface area (Å²) in [7, 11) is 1.65. The van der Waals surface area contributed by atoms with E-state index in [1.54, 1.807) is 18.4 Å². The summed E-state index contributed by atoms with van der Waals surface area (Å²) in [6.07, 6.45) is 0. The Balaban J connectivity index is 2.31. The van der Waals surface area contributed by atoms with Crippen molar-refractivity contribution in [3.05, 3.63) is 43.5 Å². The van der Waals surface area contributed by atoms with E-state index in [-0.39, 0.29) is 6.04 Å². The Morgan fingerprint density at radius 1 is 1.42 bits per heavy atom. The highest BCUT2D eigenvalue weighted by Crippen LogP contribution is 2.38. The molecule has 0 aliphatic carbocycles. The first kappa shape index (κ1) is 14.7. The summed E-state index contributed by atoms with van der Waals surface area (Å²) in [6, 6.07) is 6.04. The van der Waals surface area contributed by atoms with Gasteiger partial charge in [-0.15, -0.1) is 11.3 Å². The molecule has 2 aromatic rings. The van der Waals surface area contributed by atoms with Gasteiger partial charge in [-0.25, -0.2) is 0 Å². The van der Waals surface area contributed by atoms with Crippen molar-refractivity contribution in [2.75, 3.05) is 12.4 Å². The first-order valence-corrected chi connectivity index (χ1v) is 7.91. The van der Waals surface area contributed by atoms with E-state index in [4.69, 9.17) is 16.3 Å². The van der Waals surface area contributed by atoms with Crippen molar-refractivity contribution in [2.45, 2.75) is 19.9 Å². The van der Waals surface area contributed by atoms with Gasteiger partial charge in [-0.05, 0) is 58.9 Å². The van der Waals surface area contributed by atoms with E-state index < -0.39 is 0 Å². The van der Waals surface area contributed by atoms with E-state index in [0.29, 0.717) is 5.02 Å². The van der Waals surface area contributed by atoms with Gasteiger partial charge in [0.25, 0.3) is 0 Å². The average molecular weight is 361 g/mol. The lowest BCUT2D eigenvalue weighted by molar-refractivity contribution is 0.413. The summed E-state index contributed by atoms with van der Waals surface area (Å²) in [6.45, 7) is 4.25. The highest BCUT2D eigenvalue weighted by atomic mass is 79.9. The van der Waals surface area contributed by atoms with Crippen molar-refractivity contribution in [1.29, 1.82) is 0 Å². The Hall–Kier alpha value is -0.710. The molecule has 19 heavy (non-hydrogen) atoms. The molecule has 0 aliphatic heterocycles. The van der Waals surface area contributed by atoms with Crippen LogP contribution in [0.25, 0.3) is 0 Å². The first-order valence-electron chi connectivity index (χ1n) is 5.86. The van der Waals surface area contributed by atoms with Crippen molar-refractivity contribution in [3.8, 4) is 5.75 Å². The molecule has 1 atom stereocenters. The quantitative estimate of drug-likeness (QED) is 0.760. The number of nitrogens with one attached hydrogen (secondary N) is 1. The molecule has 0 aliphatic rings. The monoisotopic (exact) mass is 359 g/mol. The summed E-state index contributed by atoms with van der Waals surface area (Å²) in [5.74, 6) is 0.769. The zero-order valence-electron chi connectivity index (χ0n) is 11.0. The molecule has 0 bridgehead atoms. The number of methoxy groups -OCH3 is 1. The molecular weight excluding hydrogens is 346 g/mol. The van der Waals surface area contributed by atoms with Gasteiger partial charge < -0.3 is 10.1 Å². The summed E-state index contributed by atoms with van der Waals surface area (Å²) in [5, 5.41) is 6.23. The normalized spacial score (nSPS) is 12.3. The van der Waals surface area contributed by atoms with Crippen LogP contribution in [0.1, 0.15) is 23.4 Å². The molecule has 2 rings (SSSR count). The van der Waals surface area contributed by atoms with Crippen LogP contribution in [-0.2, 0) is 0 Å². The van der Waals surface area contributed by atoms with E-state index in [1.165, 1.54) is 10.4 Å². The maximum absolute atomic E-state index is 6.10. The summed E-state index contributed by atoms with van der Waals surface area (Å²) in [4.78, 5) is 1.32. The van der Waals surface area contributed by atoms with Gasteiger partial charge in [0.2, 0.25) is 0 Å². The van der Waals surface area contributed by atoms with Gasteiger partial charge in [-0.3, -0.25) is 0 Å². The molecule has 1 heterocycles. The van der Waals surface area contributed by atoms with Gasteiger partial charge >= 0.3 is 0 Å². The topological polar surface area (TPSA) is 21.3 Å². The number of benzene rings is 1. The standard InChI is InChI=1S/C14H15BrClNOS/c1-8-4-5-19-14(8)9(2)17-12-7-10(16)6-11(15)13(12)18-3/h4-7,9,17H,1-3H3. The van der Waals surface area contributed by atoms with Crippen LogP contribution in [0.5, 0.6) is 5.75 Å². The zero-order valence-corrected chi connectivity index (χ0v) is 14.1. The van der Waals surface area contributed by atoms with E-state index in [2.05, 4.69) is 46.5 Å². The van der Waals surface area contributed by atoms with Gasteiger partial charge in [-0.1, -0.05) is 11.6 Å². The smallest absolute Gasteiger partial charge is 0.156 e. The Morgan fingerprint density at radius 2 is 2.16 bits per heavy atom. The van der Waals surface area contributed by atoms with E-state index in [0.717, 1.165) is 15.9 Å². The molecule has 0 spiro atoms. The molecule has 0 fully saturated rings. The second kappa shape index (κ2) is 6.16. The Kier molecular flexibility index (Phi) is 4.76. The third-order valence-electron chi connectivity index (χ3n) is 2.88. The summed E-state index contributed by atoms with van der Waals surface area (Å²) >= 11 is 11.3. The largest absolute Gasteiger partial charge is 0.493 e. The van der Waals surface area contributed by atoms with Gasteiger partial charge in [-0.2, -0.15) is 0 Å². The van der Waals surface area contributed by atoms with Crippen LogP contribution < -0.4 is 10.1 Å². The predicted octanol–water partition coefficient (Wildman–Crippen LogP) is 5.65. The van der Waals surface area contributed by atoms with Crippen LogP contribution in [0, 0.1) is 6.92 Å². The molecule has 0 saturated heterocycles. The van der Waals surface area contributed by atoms with Gasteiger partial charge in [0.1, 0.15) is 0 Å². The molecule has 0 radical (unpaired) electrons. The first-order chi connectivity index (χ1) is 9.02. The third kappa shape index (κ3) is 3.25. The van der Waals surface area contributed by atoms with Crippen LogP contribution in [0.4, 0.5) is 5.69 Å². The second-order valence-corrected chi connectivity index (χ2v) is 6.54. The minimum absolute atomic E-state index is 0.208. The number of ether oxygens (including phenoxy) is 1. The van der Waals surface area contributed by atoms with Crippen LogP contribution >= 0.6 is 38.9 Å². The number of thiophene rings is 1. The molecule has 5 heteroatoms. The maximum Gasteiger partial charge on any atom is 0.156 e. The minimum Gasteiger partial charge on any atom is -0.493 e. The van der Waals surface area contributed by atoms with Crippen LogP contribution in [-0.4, -0.2) is 7.11 Å². The van der Waals surface area contributed by atoms with Crippen molar-refractivity contribution < 1.29 is 4.74 Å². The maximum atomic E-state index is 6.10. The highest BCUT2D eigenvalue weighted by molar-refractivity contribution is 9.10. The molecule has 0 saturated carbocycles. The summed E-state index contributed by atoms with van der Waals surface area (Å²) < 4.78 is 6.26. The lowest BCUT2D eigenvalue weighted by Gasteiger charge is -2.18. The second-order valence-electron chi connectivity index (χ2n) is 4.30. The van der Waals surface area contributed by atoms with Crippen LogP contribution in [0.3, 0.4) is 0 Å². The third-order valence-corrected chi connectivity index (χ3v) is 4.89. The van der Waals surface area contributed by atoms with Crippen molar-refractivity contribution in [1.82, 2.24) is 0 Å². The van der Waals surface area contributed by atoms with Gasteiger partial charge in [0.05, 0.1) is 23.3 Å². The molecule has 2 nitrogen and oxygen atoms in total. The average Bonchev–Trinajstić information content (AvgIpc) is 2.75. The van der Waals surface area contributed by atoms with Gasteiger partial charge in [0.15, 0.2) is 5.75 Å². The van der Waals surface area contributed by atoms with E-state index in [9.17, 15) is 0 Å². The lowest BCUT2D eigenvalue weighted by atomic mass is 10.2. The number of hydrogen-bond acceptors (Lipinski definition) is 3. The fourth-order valence-corrected chi connectivity index (χ4v) is 3.91. The highest BCUT2D eigenvalue weighted by Gasteiger charge is 2.14. The molecule has 1 unspecified atom stereocenters. The van der Waals surface area contributed by atoms with E-state index >= 15 is 0 Å². The zero-order chi connectivity index (χ0) is 14.0. The number of aryl methyl sites for hydroxylation is 1. The fraction of sp³-hybridized carbons (Fsp3) is 0.286. The van der Waals surface area contributed by atoms with Gasteiger partial charge in [0, 0.05) is 9.90 Å². The fourth-order valence-electron chi connectivity index (χ4n) is 2.00. The lowest BCUT2D eigenvalue weighted by Crippen LogP contribution is -2.07. The molecule has 1 aromatic carbocycles. The minimum atomic E-state index is 0.208. The predicted molar refractivity (Wildman–Crippen MR) is 86.8 cm³/mol. The number of hydrogen-bond donors (Lipinski definition) is 1. The Labute approximate surface area is 130 Å². The van der Waals surface area contributed by atoms with Crippen LogP contribution in [0.15, 0.2) is 28.1 Å². The Bertz CT molecular complexity index is 585. The number of rotatable bonds is 4. The number of halogens is 2. The summed E-state index contributed by atoms with van der Waals surface area (Å²) in [5.41, 5.74) is 2.19. The number of anilines is 1. The molecule has 0 amide bonds. The van der Waals surface area contributed by atoms with Crippen molar-refractivity contribution in [3.63, 3.8) is 0 Å². The SMILES string of the molecule is COc1c(Br)cc(Cl)cc1NC(C)c1sccc1C. The molecule has 1 aromatic heterocycles.